The maximum Gasteiger partial charge on any atom is 0.305 e. The fourth-order valence-corrected chi connectivity index (χ4v) is 4.97. The lowest BCUT2D eigenvalue weighted by molar-refractivity contribution is -0.147. The highest BCUT2D eigenvalue weighted by atomic mass is 16.4. The topological polar surface area (TPSA) is 84.9 Å². The number of carbonyl (C=O) groups is 2. The molecule has 0 aromatic carbocycles. The molecule has 0 saturated carbocycles. The van der Waals surface area contributed by atoms with E-state index in [1.54, 1.807) is 0 Å². The van der Waals surface area contributed by atoms with Gasteiger partial charge in [-0.2, -0.15) is 0 Å². The van der Waals surface area contributed by atoms with Crippen molar-refractivity contribution in [2.75, 3.05) is 52.4 Å². The molecule has 0 spiro atoms. The summed E-state index contributed by atoms with van der Waals surface area (Å²) in [4.78, 5) is 28.5. The molecular weight excluding hydrogens is 320 g/mol. The summed E-state index contributed by atoms with van der Waals surface area (Å²) in [6, 6.07) is 0.632. The molecule has 7 heteroatoms. The third-order valence-corrected chi connectivity index (χ3v) is 6.41. The summed E-state index contributed by atoms with van der Waals surface area (Å²) in [5.74, 6) is -0.737. The van der Waals surface area contributed by atoms with Gasteiger partial charge in [0.15, 0.2) is 0 Å². The summed E-state index contributed by atoms with van der Waals surface area (Å²) < 4.78 is 0. The number of piperidine rings is 2. The van der Waals surface area contributed by atoms with Crippen molar-refractivity contribution in [3.8, 4) is 0 Å². The van der Waals surface area contributed by atoms with E-state index in [1.165, 1.54) is 12.8 Å². The van der Waals surface area contributed by atoms with Crippen LogP contribution in [0.4, 0.5) is 0 Å². The van der Waals surface area contributed by atoms with E-state index in [0.29, 0.717) is 6.04 Å². The number of nitrogens with zero attached hydrogens (tertiary/aromatic N) is 2. The molecule has 3 saturated heterocycles. The molecule has 0 amide bonds. The van der Waals surface area contributed by atoms with E-state index in [-0.39, 0.29) is 12.3 Å². The smallest absolute Gasteiger partial charge is 0.305 e. The lowest BCUT2D eigenvalue weighted by atomic mass is 9.75. The third kappa shape index (κ3) is 4.22. The first-order valence-corrected chi connectivity index (χ1v) is 9.74. The van der Waals surface area contributed by atoms with Gasteiger partial charge in [-0.15, -0.1) is 0 Å². The van der Waals surface area contributed by atoms with Crippen LogP contribution in [-0.4, -0.2) is 91.1 Å². The molecule has 1 unspecified atom stereocenters. The average molecular weight is 352 g/mol. The zero-order chi connectivity index (χ0) is 17.7. The maximum absolute atomic E-state index is 12.2. The molecule has 25 heavy (non-hydrogen) atoms. The van der Waals surface area contributed by atoms with E-state index < -0.39 is 11.5 Å². The summed E-state index contributed by atoms with van der Waals surface area (Å²) in [6.45, 7) is 7.35. The number of hydrogen-bond acceptors (Lipinski definition) is 6. The Morgan fingerprint density at radius 2 is 1.56 bits per heavy atom. The normalized spacial score (nSPS) is 27.7. The molecule has 3 aliphatic heterocycles. The first-order chi connectivity index (χ1) is 12.2. The van der Waals surface area contributed by atoms with Crippen LogP contribution in [0.25, 0.3) is 0 Å². The van der Waals surface area contributed by atoms with Gasteiger partial charge in [-0.3, -0.25) is 14.6 Å². The first kappa shape index (κ1) is 18.8. The Balaban J connectivity index is 1.68. The minimum Gasteiger partial charge on any atom is -0.481 e. The van der Waals surface area contributed by atoms with Gasteiger partial charge < -0.3 is 20.5 Å². The molecule has 1 atom stereocenters. The second-order valence-electron chi connectivity index (χ2n) is 7.71. The zero-order valence-electron chi connectivity index (χ0n) is 15.1. The van der Waals surface area contributed by atoms with Crippen molar-refractivity contribution in [3.63, 3.8) is 0 Å². The number of rotatable bonds is 6. The largest absolute Gasteiger partial charge is 0.481 e. The highest BCUT2D eigenvalue weighted by Crippen LogP contribution is 2.34. The van der Waals surface area contributed by atoms with E-state index >= 15 is 0 Å². The SMILES string of the molecule is O=CC(CC(=O)O)(C1CCNCC1)N1CCN(C2CCNCC2)CC1. The molecular formula is C18H32N4O3. The van der Waals surface area contributed by atoms with Gasteiger partial charge in [0.05, 0.1) is 12.0 Å². The van der Waals surface area contributed by atoms with Crippen LogP contribution in [0.5, 0.6) is 0 Å². The lowest BCUT2D eigenvalue weighted by Crippen LogP contribution is -2.64. The minimum absolute atomic E-state index is 0.0749. The van der Waals surface area contributed by atoms with Crippen LogP contribution in [0.1, 0.15) is 32.1 Å². The lowest BCUT2D eigenvalue weighted by Gasteiger charge is -2.50. The molecule has 3 heterocycles. The molecule has 0 aromatic heterocycles. The second-order valence-corrected chi connectivity index (χ2v) is 7.71. The van der Waals surface area contributed by atoms with Crippen LogP contribution in [0, 0.1) is 5.92 Å². The Labute approximate surface area is 150 Å². The monoisotopic (exact) mass is 352 g/mol. The minimum atomic E-state index is -0.869. The Bertz CT molecular complexity index is 455. The van der Waals surface area contributed by atoms with Crippen molar-refractivity contribution in [2.24, 2.45) is 5.92 Å². The number of aldehydes is 1. The summed E-state index contributed by atoms with van der Waals surface area (Å²) in [7, 11) is 0. The Hall–Kier alpha value is -1.02. The quantitative estimate of drug-likeness (QED) is 0.569. The fraction of sp³-hybridized carbons (Fsp3) is 0.889. The van der Waals surface area contributed by atoms with E-state index in [0.717, 1.165) is 71.5 Å². The fourth-order valence-electron chi connectivity index (χ4n) is 4.97. The molecule has 7 nitrogen and oxygen atoms in total. The van der Waals surface area contributed by atoms with Crippen LogP contribution >= 0.6 is 0 Å². The standard InChI is InChI=1S/C18H32N4O3/c23-14-18(13-17(24)25,15-1-5-19-6-2-15)22-11-9-21(10-12-22)16-3-7-20-8-4-16/h14-16,19-20H,1-13H2,(H,24,25). The van der Waals surface area contributed by atoms with Crippen molar-refractivity contribution in [2.45, 2.75) is 43.7 Å². The van der Waals surface area contributed by atoms with Gasteiger partial charge in [0, 0.05) is 32.2 Å². The van der Waals surface area contributed by atoms with Crippen molar-refractivity contribution < 1.29 is 14.7 Å². The van der Waals surface area contributed by atoms with E-state index in [1.807, 2.05) is 0 Å². The number of hydrogen-bond donors (Lipinski definition) is 3. The van der Waals surface area contributed by atoms with E-state index in [4.69, 9.17) is 0 Å². The Kier molecular flexibility index (Phi) is 6.44. The van der Waals surface area contributed by atoms with Crippen molar-refractivity contribution in [3.05, 3.63) is 0 Å². The summed E-state index contributed by atoms with van der Waals surface area (Å²) in [6.07, 6.45) is 5.00. The predicted molar refractivity (Wildman–Crippen MR) is 95.7 cm³/mol. The van der Waals surface area contributed by atoms with Crippen LogP contribution < -0.4 is 10.6 Å². The Morgan fingerprint density at radius 3 is 2.08 bits per heavy atom. The summed E-state index contributed by atoms with van der Waals surface area (Å²) in [5.41, 5.74) is -0.839. The van der Waals surface area contributed by atoms with Gasteiger partial charge in [0.25, 0.3) is 0 Å². The highest BCUT2D eigenvalue weighted by molar-refractivity contribution is 5.77. The molecule has 0 aromatic rings. The zero-order valence-corrected chi connectivity index (χ0v) is 15.1. The van der Waals surface area contributed by atoms with Crippen molar-refractivity contribution in [1.82, 2.24) is 20.4 Å². The molecule has 3 rings (SSSR count). The molecule has 0 radical (unpaired) electrons. The molecule has 3 N–H and O–H groups in total. The number of carboxylic acid groups (broad SMARTS) is 1. The summed E-state index contributed by atoms with van der Waals surface area (Å²) >= 11 is 0. The van der Waals surface area contributed by atoms with E-state index in [2.05, 4.69) is 20.4 Å². The summed E-state index contributed by atoms with van der Waals surface area (Å²) in [5, 5.41) is 16.2. The maximum atomic E-state index is 12.2. The number of aliphatic carboxylic acids is 1. The van der Waals surface area contributed by atoms with Gasteiger partial charge in [-0.05, 0) is 57.8 Å². The Morgan fingerprint density at radius 1 is 1.00 bits per heavy atom. The van der Waals surface area contributed by atoms with Gasteiger partial charge >= 0.3 is 5.97 Å². The van der Waals surface area contributed by atoms with Crippen molar-refractivity contribution in [1.29, 1.82) is 0 Å². The highest BCUT2D eigenvalue weighted by Gasteiger charge is 2.47. The van der Waals surface area contributed by atoms with Gasteiger partial charge in [-0.25, -0.2) is 0 Å². The molecule has 3 fully saturated rings. The van der Waals surface area contributed by atoms with Crippen LogP contribution in [0.2, 0.25) is 0 Å². The van der Waals surface area contributed by atoms with Crippen LogP contribution in [0.3, 0.4) is 0 Å². The molecule has 0 aliphatic carbocycles. The molecule has 142 valence electrons. The van der Waals surface area contributed by atoms with Crippen LogP contribution in [0.15, 0.2) is 0 Å². The molecule has 0 bridgehead atoms. The third-order valence-electron chi connectivity index (χ3n) is 6.41. The van der Waals surface area contributed by atoms with Gasteiger partial charge in [0.2, 0.25) is 0 Å². The van der Waals surface area contributed by atoms with Crippen LogP contribution in [-0.2, 0) is 9.59 Å². The second kappa shape index (κ2) is 8.58. The first-order valence-electron chi connectivity index (χ1n) is 9.74. The van der Waals surface area contributed by atoms with E-state index in [9.17, 15) is 14.7 Å². The average Bonchev–Trinajstić information content (AvgIpc) is 2.67. The molecule has 3 aliphatic rings. The number of carbonyl (C=O) groups excluding carboxylic acids is 1. The van der Waals surface area contributed by atoms with Gasteiger partial charge in [0.1, 0.15) is 6.29 Å². The van der Waals surface area contributed by atoms with Crippen molar-refractivity contribution >= 4 is 12.3 Å². The number of carboxylic acids is 1. The number of nitrogens with one attached hydrogen (secondary N) is 2. The predicted octanol–water partition coefficient (Wildman–Crippen LogP) is -0.232. The number of piperazine rings is 1. The van der Waals surface area contributed by atoms with Gasteiger partial charge in [-0.1, -0.05) is 0 Å².